The summed E-state index contributed by atoms with van der Waals surface area (Å²) in [4.78, 5) is 8.83. The summed E-state index contributed by atoms with van der Waals surface area (Å²) < 4.78 is 31.6. The largest absolute Gasteiger partial charge is 1.00 e. The SMILES string of the molecule is O=[N+]([O-])c1ccc(S(=O)(=O)[O-])c(Cl)c1.[Na+]. The molecule has 1 rings (SSSR count). The van der Waals surface area contributed by atoms with Crippen LogP contribution in [0.1, 0.15) is 0 Å². The van der Waals surface area contributed by atoms with Gasteiger partial charge in [-0.25, -0.2) is 8.42 Å². The van der Waals surface area contributed by atoms with Gasteiger partial charge in [-0.15, -0.1) is 0 Å². The molecule has 1 aromatic rings. The number of benzene rings is 1. The van der Waals surface area contributed by atoms with Crippen molar-refractivity contribution in [2.45, 2.75) is 4.90 Å². The fourth-order valence-electron chi connectivity index (χ4n) is 0.806. The molecule has 6 nitrogen and oxygen atoms in total. The molecule has 0 bridgehead atoms. The zero-order valence-electron chi connectivity index (χ0n) is 7.51. The predicted octanol–water partition coefficient (Wildman–Crippen LogP) is -1.84. The summed E-state index contributed by atoms with van der Waals surface area (Å²) in [5, 5.41) is 9.78. The van der Waals surface area contributed by atoms with Gasteiger partial charge >= 0.3 is 29.6 Å². The van der Waals surface area contributed by atoms with Crippen molar-refractivity contribution in [2.75, 3.05) is 0 Å². The van der Waals surface area contributed by atoms with E-state index in [0.29, 0.717) is 0 Å². The second kappa shape index (κ2) is 5.24. The Labute approximate surface area is 112 Å². The molecule has 0 saturated carbocycles. The molecule has 0 aliphatic heterocycles. The summed E-state index contributed by atoms with van der Waals surface area (Å²) in [7, 11) is -4.68. The van der Waals surface area contributed by atoms with E-state index in [1.54, 1.807) is 0 Å². The minimum atomic E-state index is -4.68. The van der Waals surface area contributed by atoms with Gasteiger partial charge in [0, 0.05) is 12.1 Å². The van der Waals surface area contributed by atoms with Crippen LogP contribution in [0.4, 0.5) is 5.69 Å². The third-order valence-corrected chi connectivity index (χ3v) is 2.72. The smallest absolute Gasteiger partial charge is 0.744 e. The summed E-state index contributed by atoms with van der Waals surface area (Å²) >= 11 is 5.37. The molecule has 0 aromatic heterocycles. The standard InChI is InChI=1S/C6H4ClNO5S.Na/c7-5-3-4(8(9)10)1-2-6(5)14(11,12)13;/h1-3H,(H,11,12,13);/q;+1/p-1. The summed E-state index contributed by atoms with van der Waals surface area (Å²) in [6.45, 7) is 0. The number of non-ortho nitro benzene ring substituents is 1. The molecule has 0 N–H and O–H groups in total. The van der Waals surface area contributed by atoms with E-state index in [2.05, 4.69) is 0 Å². The number of rotatable bonds is 2. The van der Waals surface area contributed by atoms with Crippen molar-refractivity contribution in [1.82, 2.24) is 0 Å². The first-order valence-electron chi connectivity index (χ1n) is 3.22. The molecule has 0 atom stereocenters. The van der Waals surface area contributed by atoms with Crippen molar-refractivity contribution in [3.8, 4) is 0 Å². The van der Waals surface area contributed by atoms with Crippen molar-refractivity contribution in [3.63, 3.8) is 0 Å². The van der Waals surface area contributed by atoms with E-state index in [9.17, 15) is 23.1 Å². The topological polar surface area (TPSA) is 100 Å². The average Bonchev–Trinajstić information content (AvgIpc) is 2.01. The van der Waals surface area contributed by atoms with Gasteiger partial charge in [0.25, 0.3) is 5.69 Å². The molecule has 15 heavy (non-hydrogen) atoms. The normalized spacial score (nSPS) is 10.5. The molecule has 0 radical (unpaired) electrons. The second-order valence-corrected chi connectivity index (χ2v) is 4.08. The summed E-state index contributed by atoms with van der Waals surface area (Å²) in [5.74, 6) is 0. The zero-order valence-corrected chi connectivity index (χ0v) is 11.1. The van der Waals surface area contributed by atoms with Crippen LogP contribution >= 0.6 is 11.6 Å². The number of halogens is 1. The van der Waals surface area contributed by atoms with E-state index in [-0.39, 0.29) is 35.2 Å². The summed E-state index contributed by atoms with van der Waals surface area (Å²) in [5.41, 5.74) is -0.373. The quantitative estimate of drug-likeness (QED) is 0.269. The van der Waals surface area contributed by atoms with Gasteiger partial charge in [0.15, 0.2) is 0 Å². The predicted molar refractivity (Wildman–Crippen MR) is 46.1 cm³/mol. The number of nitro benzene ring substituents is 1. The van der Waals surface area contributed by atoms with Crippen molar-refractivity contribution < 1.29 is 47.5 Å². The van der Waals surface area contributed by atoms with Crippen LogP contribution in [0.5, 0.6) is 0 Å². The van der Waals surface area contributed by atoms with Gasteiger partial charge in [-0.3, -0.25) is 10.1 Å². The van der Waals surface area contributed by atoms with E-state index in [0.717, 1.165) is 18.2 Å². The van der Waals surface area contributed by atoms with Crippen LogP contribution in [0.3, 0.4) is 0 Å². The number of hydrogen-bond donors (Lipinski definition) is 0. The maximum atomic E-state index is 10.5. The monoisotopic (exact) mass is 259 g/mol. The van der Waals surface area contributed by atoms with Crippen LogP contribution in [-0.2, 0) is 10.1 Å². The second-order valence-electron chi connectivity index (χ2n) is 2.33. The van der Waals surface area contributed by atoms with Crippen LogP contribution in [0.25, 0.3) is 0 Å². The van der Waals surface area contributed by atoms with E-state index >= 15 is 0 Å². The van der Waals surface area contributed by atoms with E-state index in [1.165, 1.54) is 0 Å². The van der Waals surface area contributed by atoms with E-state index < -0.39 is 25.0 Å². The Balaban J connectivity index is 0.00000196. The van der Waals surface area contributed by atoms with Crippen LogP contribution in [-0.4, -0.2) is 17.9 Å². The Morgan fingerprint density at radius 3 is 2.20 bits per heavy atom. The maximum Gasteiger partial charge on any atom is 1.00 e. The molecule has 76 valence electrons. The van der Waals surface area contributed by atoms with Crippen molar-refractivity contribution in [2.24, 2.45) is 0 Å². The Kier molecular flexibility index (Phi) is 5.18. The molecule has 0 saturated heterocycles. The summed E-state index contributed by atoms with van der Waals surface area (Å²) in [6, 6.07) is 2.52. The zero-order chi connectivity index (χ0) is 10.9. The maximum absolute atomic E-state index is 10.5. The van der Waals surface area contributed by atoms with Gasteiger partial charge in [-0.2, -0.15) is 0 Å². The first-order chi connectivity index (χ1) is 6.32. The van der Waals surface area contributed by atoms with Gasteiger partial charge in [-0.1, -0.05) is 11.6 Å². The molecule has 0 spiro atoms. The third-order valence-electron chi connectivity index (χ3n) is 1.40. The van der Waals surface area contributed by atoms with Gasteiger partial charge in [0.05, 0.1) is 14.8 Å². The minimum Gasteiger partial charge on any atom is -0.744 e. The fourth-order valence-corrected chi connectivity index (χ4v) is 1.80. The molecule has 0 heterocycles. The van der Waals surface area contributed by atoms with Gasteiger partial charge in [0.2, 0.25) is 0 Å². The molecule has 1 aromatic carbocycles. The summed E-state index contributed by atoms with van der Waals surface area (Å²) in [6.07, 6.45) is 0. The molecule has 0 unspecified atom stereocenters. The van der Waals surface area contributed by atoms with Crippen LogP contribution in [0.2, 0.25) is 5.02 Å². The fraction of sp³-hybridized carbons (Fsp3) is 0. The Morgan fingerprint density at radius 2 is 1.87 bits per heavy atom. The molecule has 0 aliphatic carbocycles. The van der Waals surface area contributed by atoms with Gasteiger partial charge in [-0.05, 0) is 6.07 Å². The Morgan fingerprint density at radius 1 is 1.33 bits per heavy atom. The van der Waals surface area contributed by atoms with E-state index in [1.807, 2.05) is 0 Å². The van der Waals surface area contributed by atoms with Crippen LogP contribution < -0.4 is 29.6 Å². The number of nitro groups is 1. The third kappa shape index (κ3) is 3.71. The number of hydrogen-bond acceptors (Lipinski definition) is 5. The average molecular weight is 260 g/mol. The molecule has 9 heteroatoms. The van der Waals surface area contributed by atoms with Crippen LogP contribution in [0.15, 0.2) is 23.1 Å². The van der Waals surface area contributed by atoms with Crippen LogP contribution in [0, 0.1) is 10.1 Å². The molecule has 0 amide bonds. The number of nitrogens with zero attached hydrogens (tertiary/aromatic N) is 1. The molecular formula is C6H3ClNNaO5S. The van der Waals surface area contributed by atoms with E-state index in [4.69, 9.17) is 11.6 Å². The molecule has 0 aliphatic rings. The minimum absolute atomic E-state index is 0. The Hall–Kier alpha value is -0.180. The molecular weight excluding hydrogens is 257 g/mol. The Bertz CT molecular complexity index is 488. The first-order valence-corrected chi connectivity index (χ1v) is 5.01. The van der Waals surface area contributed by atoms with Gasteiger partial charge in [0.1, 0.15) is 10.1 Å². The van der Waals surface area contributed by atoms with Crippen molar-refractivity contribution >= 4 is 27.4 Å². The first kappa shape index (κ1) is 14.8. The van der Waals surface area contributed by atoms with Crippen molar-refractivity contribution in [3.05, 3.63) is 33.3 Å². The van der Waals surface area contributed by atoms with Gasteiger partial charge < -0.3 is 4.55 Å². The van der Waals surface area contributed by atoms with Crippen molar-refractivity contribution in [1.29, 1.82) is 0 Å². The molecule has 0 fully saturated rings.